The molecule has 0 unspecified atom stereocenters. The van der Waals surface area contributed by atoms with Crippen LogP contribution >= 0.6 is 0 Å². The Morgan fingerprint density at radius 3 is 2.75 bits per heavy atom. The molecule has 2 N–H and O–H groups in total. The van der Waals surface area contributed by atoms with Crippen LogP contribution in [0.5, 0.6) is 0 Å². The Balaban J connectivity index is 2.26. The van der Waals surface area contributed by atoms with Gasteiger partial charge in [-0.25, -0.2) is 0 Å². The van der Waals surface area contributed by atoms with Gasteiger partial charge >= 0.3 is 0 Å². The van der Waals surface area contributed by atoms with E-state index in [1.807, 2.05) is 26.1 Å². The van der Waals surface area contributed by atoms with E-state index >= 15 is 0 Å². The first-order valence-corrected chi connectivity index (χ1v) is 4.32. The van der Waals surface area contributed by atoms with Gasteiger partial charge in [-0.1, -0.05) is 6.08 Å². The monoisotopic (exact) mass is 168 g/mol. The van der Waals surface area contributed by atoms with Gasteiger partial charge in [-0.3, -0.25) is 4.99 Å². The van der Waals surface area contributed by atoms with Crippen molar-refractivity contribution in [1.29, 1.82) is 0 Å². The Bertz CT molecular complexity index is 193. The molecule has 0 aromatic heterocycles. The molecule has 0 spiro atoms. The normalized spacial score (nSPS) is 30.4. The number of nitrogens with zero attached hydrogens (tertiary/aromatic N) is 1. The van der Waals surface area contributed by atoms with Crippen molar-refractivity contribution < 1.29 is 5.11 Å². The van der Waals surface area contributed by atoms with E-state index in [2.05, 4.69) is 10.3 Å². The number of allylic oxidation sites excluding steroid dienone is 1. The maximum Gasteiger partial charge on any atom is 0.0974 e. The molecule has 1 rings (SSSR count). The van der Waals surface area contributed by atoms with Crippen molar-refractivity contribution >= 4 is 5.84 Å². The molecule has 0 atom stereocenters. The van der Waals surface area contributed by atoms with Crippen molar-refractivity contribution in [3.05, 3.63) is 12.3 Å². The summed E-state index contributed by atoms with van der Waals surface area (Å²) in [6.45, 7) is 3.89. The average Bonchev–Trinajstić information content (AvgIpc) is 1.98. The minimum absolute atomic E-state index is 0.117. The van der Waals surface area contributed by atoms with E-state index in [9.17, 15) is 0 Å². The number of aliphatic imine (C=N–C) groups is 1. The van der Waals surface area contributed by atoms with Crippen LogP contribution in [0.15, 0.2) is 17.3 Å². The largest absolute Gasteiger partial charge is 0.393 e. The zero-order valence-corrected chi connectivity index (χ0v) is 7.62. The molecule has 0 heterocycles. The van der Waals surface area contributed by atoms with Crippen LogP contribution in [-0.4, -0.2) is 23.1 Å². The molecule has 1 aliphatic carbocycles. The lowest BCUT2D eigenvalue weighted by molar-refractivity contribution is 0.0777. The highest BCUT2D eigenvalue weighted by Crippen LogP contribution is 2.22. The fraction of sp³-hybridized carbons (Fsp3) is 0.667. The zero-order chi connectivity index (χ0) is 8.97. The first kappa shape index (κ1) is 9.26. The number of hydrogen-bond acceptors (Lipinski definition) is 2. The molecular formula is C9H16N2O. The quantitative estimate of drug-likeness (QED) is 0.478. The average molecular weight is 168 g/mol. The molecule has 12 heavy (non-hydrogen) atoms. The maximum atomic E-state index is 9.00. The third-order valence-corrected chi connectivity index (χ3v) is 1.92. The van der Waals surface area contributed by atoms with E-state index in [0.29, 0.717) is 6.04 Å². The third-order valence-electron chi connectivity index (χ3n) is 1.92. The SMILES string of the molecule is CC=CNC(C)=NC1CC(O)C1. The molecule has 0 aromatic rings. The Morgan fingerprint density at radius 1 is 1.58 bits per heavy atom. The second kappa shape index (κ2) is 4.26. The summed E-state index contributed by atoms with van der Waals surface area (Å²) in [6, 6.07) is 0.331. The van der Waals surface area contributed by atoms with Gasteiger partial charge in [0.25, 0.3) is 0 Å². The van der Waals surface area contributed by atoms with Crippen LogP contribution in [0.2, 0.25) is 0 Å². The molecule has 1 saturated carbocycles. The molecule has 0 saturated heterocycles. The van der Waals surface area contributed by atoms with E-state index in [0.717, 1.165) is 18.7 Å². The molecule has 0 radical (unpaired) electrons. The highest BCUT2D eigenvalue weighted by atomic mass is 16.3. The first-order chi connectivity index (χ1) is 5.72. The molecule has 68 valence electrons. The minimum atomic E-state index is -0.117. The lowest BCUT2D eigenvalue weighted by Gasteiger charge is -2.28. The summed E-state index contributed by atoms with van der Waals surface area (Å²) >= 11 is 0. The van der Waals surface area contributed by atoms with Crippen LogP contribution in [0, 0.1) is 0 Å². The van der Waals surface area contributed by atoms with E-state index in [-0.39, 0.29) is 6.10 Å². The molecular weight excluding hydrogens is 152 g/mol. The Labute approximate surface area is 73.2 Å². The lowest BCUT2D eigenvalue weighted by Crippen LogP contribution is -2.33. The number of aliphatic hydroxyl groups is 1. The predicted molar refractivity (Wildman–Crippen MR) is 50.1 cm³/mol. The molecule has 0 aliphatic heterocycles. The van der Waals surface area contributed by atoms with Crippen LogP contribution in [0.25, 0.3) is 0 Å². The van der Waals surface area contributed by atoms with Crippen molar-refractivity contribution in [2.45, 2.75) is 38.8 Å². The smallest absolute Gasteiger partial charge is 0.0974 e. The Kier molecular flexibility index (Phi) is 3.29. The van der Waals surface area contributed by atoms with Gasteiger partial charge in [0.15, 0.2) is 0 Å². The van der Waals surface area contributed by atoms with Crippen LogP contribution in [0.1, 0.15) is 26.7 Å². The topological polar surface area (TPSA) is 44.6 Å². The molecule has 0 aromatic carbocycles. The number of rotatable bonds is 2. The Morgan fingerprint density at radius 2 is 2.25 bits per heavy atom. The van der Waals surface area contributed by atoms with Gasteiger partial charge in [0.2, 0.25) is 0 Å². The number of amidine groups is 1. The van der Waals surface area contributed by atoms with Gasteiger partial charge < -0.3 is 10.4 Å². The summed E-state index contributed by atoms with van der Waals surface area (Å²) in [5.41, 5.74) is 0. The lowest BCUT2D eigenvalue weighted by atomic mass is 9.90. The summed E-state index contributed by atoms with van der Waals surface area (Å²) in [5.74, 6) is 0.921. The summed E-state index contributed by atoms with van der Waals surface area (Å²) in [5, 5.41) is 12.0. The molecule has 0 amide bonds. The molecule has 0 bridgehead atoms. The van der Waals surface area contributed by atoms with Crippen molar-refractivity contribution in [2.24, 2.45) is 4.99 Å². The van der Waals surface area contributed by atoms with E-state index in [4.69, 9.17) is 5.11 Å². The van der Waals surface area contributed by atoms with Gasteiger partial charge in [0, 0.05) is 0 Å². The maximum absolute atomic E-state index is 9.00. The highest BCUT2D eigenvalue weighted by molar-refractivity contribution is 5.80. The fourth-order valence-electron chi connectivity index (χ4n) is 1.18. The van der Waals surface area contributed by atoms with Gasteiger partial charge in [-0.05, 0) is 32.9 Å². The summed E-state index contributed by atoms with van der Waals surface area (Å²) in [6.07, 6.45) is 5.29. The summed E-state index contributed by atoms with van der Waals surface area (Å²) < 4.78 is 0. The van der Waals surface area contributed by atoms with Crippen molar-refractivity contribution in [1.82, 2.24) is 5.32 Å². The molecule has 3 nitrogen and oxygen atoms in total. The minimum Gasteiger partial charge on any atom is -0.393 e. The second-order valence-corrected chi connectivity index (χ2v) is 3.14. The number of hydrogen-bond donors (Lipinski definition) is 2. The van der Waals surface area contributed by atoms with Crippen LogP contribution in [0.3, 0.4) is 0 Å². The number of nitrogens with one attached hydrogen (secondary N) is 1. The van der Waals surface area contributed by atoms with Crippen LogP contribution in [0.4, 0.5) is 0 Å². The second-order valence-electron chi connectivity index (χ2n) is 3.14. The van der Waals surface area contributed by atoms with Crippen LogP contribution < -0.4 is 5.32 Å². The van der Waals surface area contributed by atoms with Crippen molar-refractivity contribution in [3.8, 4) is 0 Å². The molecule has 1 fully saturated rings. The highest BCUT2D eigenvalue weighted by Gasteiger charge is 2.26. The summed E-state index contributed by atoms with van der Waals surface area (Å²) in [7, 11) is 0. The van der Waals surface area contributed by atoms with Gasteiger partial charge in [0.05, 0.1) is 18.0 Å². The zero-order valence-electron chi connectivity index (χ0n) is 7.62. The van der Waals surface area contributed by atoms with E-state index in [1.54, 1.807) is 0 Å². The first-order valence-electron chi connectivity index (χ1n) is 4.32. The molecule has 1 aliphatic rings. The van der Waals surface area contributed by atoms with E-state index < -0.39 is 0 Å². The standard InChI is InChI=1S/C9H16N2O/c1-3-4-10-7(2)11-8-5-9(12)6-8/h3-4,8-9,12H,5-6H2,1-2H3,(H,10,11). The van der Waals surface area contributed by atoms with Gasteiger partial charge in [0.1, 0.15) is 0 Å². The molecule has 3 heteroatoms. The van der Waals surface area contributed by atoms with Crippen molar-refractivity contribution in [2.75, 3.05) is 0 Å². The predicted octanol–water partition coefficient (Wildman–Crippen LogP) is 1.05. The van der Waals surface area contributed by atoms with E-state index in [1.165, 1.54) is 0 Å². The van der Waals surface area contributed by atoms with Gasteiger partial charge in [-0.2, -0.15) is 0 Å². The summed E-state index contributed by atoms with van der Waals surface area (Å²) in [4.78, 5) is 4.36. The number of aliphatic hydroxyl groups excluding tert-OH is 1. The third kappa shape index (κ3) is 2.66. The van der Waals surface area contributed by atoms with Crippen LogP contribution in [-0.2, 0) is 0 Å². The van der Waals surface area contributed by atoms with Gasteiger partial charge in [-0.15, -0.1) is 0 Å². The Hall–Kier alpha value is -0.830. The fourth-order valence-corrected chi connectivity index (χ4v) is 1.18. The van der Waals surface area contributed by atoms with Crippen molar-refractivity contribution in [3.63, 3.8) is 0 Å².